The van der Waals surface area contributed by atoms with Gasteiger partial charge in [-0.2, -0.15) is 0 Å². The summed E-state index contributed by atoms with van der Waals surface area (Å²) in [5.41, 5.74) is 1.62. The van der Waals surface area contributed by atoms with Crippen LogP contribution in [0.5, 0.6) is 5.75 Å². The van der Waals surface area contributed by atoms with Crippen molar-refractivity contribution in [2.75, 3.05) is 11.5 Å². The molecule has 0 aliphatic rings. The Kier molecular flexibility index (Phi) is 5.13. The molecule has 0 aliphatic heterocycles. The van der Waals surface area contributed by atoms with Crippen molar-refractivity contribution in [2.45, 2.75) is 6.92 Å². The first-order valence-corrected chi connectivity index (χ1v) is 8.58. The average Bonchev–Trinajstić information content (AvgIpc) is 3.01. The molecule has 0 fully saturated rings. The summed E-state index contributed by atoms with van der Waals surface area (Å²) in [5.74, 6) is 0.270. The van der Waals surface area contributed by atoms with Crippen LogP contribution in [0.4, 0.5) is 10.8 Å². The molecular formula is C18H15ClN2O2S. The van der Waals surface area contributed by atoms with Gasteiger partial charge in [-0.05, 0) is 31.2 Å². The van der Waals surface area contributed by atoms with E-state index in [-0.39, 0.29) is 12.5 Å². The number of aryl methyl sites for hydroxylation is 1. The van der Waals surface area contributed by atoms with Crippen LogP contribution in [-0.2, 0) is 4.79 Å². The van der Waals surface area contributed by atoms with Crippen LogP contribution >= 0.6 is 22.9 Å². The van der Waals surface area contributed by atoms with Crippen molar-refractivity contribution in [3.8, 4) is 5.75 Å². The lowest BCUT2D eigenvalue weighted by Crippen LogP contribution is -2.30. The van der Waals surface area contributed by atoms with Gasteiger partial charge in [0.15, 0.2) is 11.7 Å². The topological polar surface area (TPSA) is 42.4 Å². The molecule has 0 radical (unpaired) electrons. The van der Waals surface area contributed by atoms with E-state index in [0.29, 0.717) is 15.9 Å². The highest BCUT2D eigenvalue weighted by Crippen LogP contribution is 2.29. The molecule has 1 aromatic heterocycles. The number of carbonyl (C=O) groups is 1. The summed E-state index contributed by atoms with van der Waals surface area (Å²) >= 11 is 7.48. The number of benzene rings is 2. The van der Waals surface area contributed by atoms with E-state index in [4.69, 9.17) is 16.3 Å². The summed E-state index contributed by atoms with van der Waals surface area (Å²) in [6, 6.07) is 16.5. The first-order chi connectivity index (χ1) is 11.6. The van der Waals surface area contributed by atoms with Crippen molar-refractivity contribution in [3.05, 3.63) is 70.7 Å². The Hall–Kier alpha value is -2.37. The smallest absolute Gasteiger partial charge is 0.271 e. The fraction of sp³-hybridized carbons (Fsp3) is 0.111. The molecule has 0 atom stereocenters. The first-order valence-electron chi connectivity index (χ1n) is 7.32. The van der Waals surface area contributed by atoms with Crippen LogP contribution in [0.2, 0.25) is 5.02 Å². The SMILES string of the molecule is Cc1csc(N(C(=O)COc2ccccc2Cl)c2ccccc2)n1. The van der Waals surface area contributed by atoms with Crippen LogP contribution in [0, 0.1) is 6.92 Å². The molecule has 4 nitrogen and oxygen atoms in total. The van der Waals surface area contributed by atoms with E-state index in [9.17, 15) is 4.79 Å². The maximum atomic E-state index is 12.8. The van der Waals surface area contributed by atoms with Crippen LogP contribution < -0.4 is 9.64 Å². The van der Waals surface area contributed by atoms with Gasteiger partial charge in [0.05, 0.1) is 16.4 Å². The summed E-state index contributed by atoms with van der Waals surface area (Å²) in [6.45, 7) is 1.77. The summed E-state index contributed by atoms with van der Waals surface area (Å²) in [5, 5.41) is 3.00. The number of ether oxygens (including phenoxy) is 1. The van der Waals surface area contributed by atoms with Crippen LogP contribution in [0.3, 0.4) is 0 Å². The molecule has 0 saturated carbocycles. The van der Waals surface area contributed by atoms with Gasteiger partial charge >= 0.3 is 0 Å². The molecule has 1 amide bonds. The van der Waals surface area contributed by atoms with Gasteiger partial charge in [-0.25, -0.2) is 4.98 Å². The number of aromatic nitrogens is 1. The molecule has 2 aromatic carbocycles. The number of hydrogen-bond donors (Lipinski definition) is 0. The van der Waals surface area contributed by atoms with Gasteiger partial charge in [-0.3, -0.25) is 9.69 Å². The van der Waals surface area contributed by atoms with Gasteiger partial charge in [0.1, 0.15) is 5.75 Å². The van der Waals surface area contributed by atoms with E-state index >= 15 is 0 Å². The van der Waals surface area contributed by atoms with Crippen molar-refractivity contribution in [1.29, 1.82) is 0 Å². The predicted octanol–water partition coefficient (Wildman–Crippen LogP) is 4.85. The van der Waals surface area contributed by atoms with Gasteiger partial charge in [-0.1, -0.05) is 41.9 Å². The fourth-order valence-electron chi connectivity index (χ4n) is 2.15. The lowest BCUT2D eigenvalue weighted by Gasteiger charge is -2.20. The second kappa shape index (κ2) is 7.47. The minimum Gasteiger partial charge on any atom is -0.482 e. The van der Waals surface area contributed by atoms with E-state index in [2.05, 4.69) is 4.98 Å². The van der Waals surface area contributed by atoms with Crippen molar-refractivity contribution in [3.63, 3.8) is 0 Å². The number of para-hydroxylation sites is 2. The highest BCUT2D eigenvalue weighted by Gasteiger charge is 2.21. The third kappa shape index (κ3) is 3.75. The average molecular weight is 359 g/mol. The second-order valence-corrected chi connectivity index (χ2v) is 6.30. The van der Waals surface area contributed by atoms with Crippen molar-refractivity contribution < 1.29 is 9.53 Å². The van der Waals surface area contributed by atoms with E-state index in [1.807, 2.05) is 54.8 Å². The van der Waals surface area contributed by atoms with Gasteiger partial charge in [0, 0.05) is 5.38 Å². The third-order valence-electron chi connectivity index (χ3n) is 3.25. The van der Waals surface area contributed by atoms with Gasteiger partial charge in [-0.15, -0.1) is 11.3 Å². The molecule has 0 saturated heterocycles. The zero-order valence-corrected chi connectivity index (χ0v) is 14.6. The molecule has 0 unspecified atom stereocenters. The largest absolute Gasteiger partial charge is 0.482 e. The molecule has 1 heterocycles. The minimum absolute atomic E-state index is 0.128. The third-order valence-corrected chi connectivity index (χ3v) is 4.51. The Bertz CT molecular complexity index is 836. The van der Waals surface area contributed by atoms with E-state index in [1.165, 1.54) is 11.3 Å². The Morgan fingerprint density at radius 3 is 2.54 bits per heavy atom. The number of rotatable bonds is 5. The Morgan fingerprint density at radius 1 is 1.17 bits per heavy atom. The van der Waals surface area contributed by atoms with Gasteiger partial charge < -0.3 is 4.74 Å². The molecule has 3 aromatic rings. The highest BCUT2D eigenvalue weighted by atomic mass is 35.5. The van der Waals surface area contributed by atoms with Gasteiger partial charge in [0.2, 0.25) is 0 Å². The number of amides is 1. The quantitative estimate of drug-likeness (QED) is 0.654. The molecule has 0 bridgehead atoms. The number of hydrogen-bond acceptors (Lipinski definition) is 4. The van der Waals surface area contributed by atoms with Gasteiger partial charge in [0.25, 0.3) is 5.91 Å². The maximum absolute atomic E-state index is 12.8. The predicted molar refractivity (Wildman–Crippen MR) is 97.4 cm³/mol. The molecule has 0 aliphatic carbocycles. The first kappa shape index (κ1) is 16.5. The molecule has 3 rings (SSSR count). The number of nitrogens with zero attached hydrogens (tertiary/aromatic N) is 2. The van der Waals surface area contributed by atoms with E-state index in [0.717, 1.165) is 11.4 Å². The van der Waals surface area contributed by atoms with E-state index in [1.54, 1.807) is 17.0 Å². The van der Waals surface area contributed by atoms with Crippen molar-refractivity contribution in [1.82, 2.24) is 4.98 Å². The van der Waals surface area contributed by atoms with Crippen molar-refractivity contribution >= 4 is 39.7 Å². The lowest BCUT2D eigenvalue weighted by atomic mass is 10.3. The molecule has 0 N–H and O–H groups in total. The molecule has 0 spiro atoms. The zero-order valence-electron chi connectivity index (χ0n) is 13.0. The molecular weight excluding hydrogens is 344 g/mol. The van der Waals surface area contributed by atoms with Crippen molar-refractivity contribution in [2.24, 2.45) is 0 Å². The number of carbonyl (C=O) groups excluding carboxylic acids is 1. The van der Waals surface area contributed by atoms with Crippen LogP contribution in [0.25, 0.3) is 0 Å². The standard InChI is InChI=1S/C18H15ClN2O2S/c1-13-12-24-18(20-13)21(14-7-3-2-4-8-14)17(22)11-23-16-10-6-5-9-15(16)19/h2-10,12H,11H2,1H3. The van der Waals surface area contributed by atoms with Crippen LogP contribution in [0.15, 0.2) is 60.0 Å². The highest BCUT2D eigenvalue weighted by molar-refractivity contribution is 7.14. The molecule has 24 heavy (non-hydrogen) atoms. The molecule has 6 heteroatoms. The normalized spacial score (nSPS) is 10.4. The Labute approximate surface area is 149 Å². The number of anilines is 2. The lowest BCUT2D eigenvalue weighted by molar-refractivity contribution is -0.119. The van der Waals surface area contributed by atoms with Crippen LogP contribution in [0.1, 0.15) is 5.69 Å². The second-order valence-electron chi connectivity index (χ2n) is 5.06. The zero-order chi connectivity index (χ0) is 16.9. The summed E-state index contributed by atoms with van der Waals surface area (Å²) in [6.07, 6.45) is 0. The summed E-state index contributed by atoms with van der Waals surface area (Å²) < 4.78 is 5.58. The maximum Gasteiger partial charge on any atom is 0.271 e. The monoisotopic (exact) mass is 358 g/mol. The Morgan fingerprint density at radius 2 is 1.88 bits per heavy atom. The summed E-state index contributed by atoms with van der Waals surface area (Å²) in [4.78, 5) is 18.7. The summed E-state index contributed by atoms with van der Waals surface area (Å²) in [7, 11) is 0. The number of halogens is 1. The van der Waals surface area contributed by atoms with Crippen LogP contribution in [-0.4, -0.2) is 17.5 Å². The minimum atomic E-state index is -0.213. The fourth-order valence-corrected chi connectivity index (χ4v) is 3.18. The number of thiazole rings is 1. The molecule has 122 valence electrons. The van der Waals surface area contributed by atoms with E-state index < -0.39 is 0 Å². The Balaban J connectivity index is 1.83.